The third-order valence-electron chi connectivity index (χ3n) is 5.46. The van der Waals surface area contributed by atoms with E-state index < -0.39 is 0 Å². The van der Waals surface area contributed by atoms with Crippen LogP contribution in [0, 0.1) is 18.8 Å². The van der Waals surface area contributed by atoms with Crippen LogP contribution in [0.15, 0.2) is 30.6 Å². The van der Waals surface area contributed by atoms with Crippen LogP contribution in [0.3, 0.4) is 0 Å². The summed E-state index contributed by atoms with van der Waals surface area (Å²) in [6.07, 6.45) is 5.45. The summed E-state index contributed by atoms with van der Waals surface area (Å²) in [5.41, 5.74) is 3.65. The number of rotatable bonds is 4. The number of nitrogens with zero attached hydrogens (tertiary/aromatic N) is 5. The van der Waals surface area contributed by atoms with Gasteiger partial charge in [0.25, 0.3) is 0 Å². The molecule has 0 radical (unpaired) electrons. The fourth-order valence-corrected chi connectivity index (χ4v) is 4.34. The summed E-state index contributed by atoms with van der Waals surface area (Å²) in [5, 5.41) is 4.29. The molecule has 2 saturated heterocycles. The SMILES string of the molecule is Cc1cccc(CN2C[C@H]3CCN(Cc4cnn(C)c4)C[C@H]3C2)n1. The maximum absolute atomic E-state index is 4.67. The third kappa shape index (κ3) is 3.52. The lowest BCUT2D eigenvalue weighted by Crippen LogP contribution is -2.39. The highest BCUT2D eigenvalue weighted by atomic mass is 15.2. The summed E-state index contributed by atoms with van der Waals surface area (Å²) in [6, 6.07) is 6.35. The van der Waals surface area contributed by atoms with Crippen molar-refractivity contribution in [1.29, 1.82) is 0 Å². The van der Waals surface area contributed by atoms with Crippen molar-refractivity contribution in [3.63, 3.8) is 0 Å². The fourth-order valence-electron chi connectivity index (χ4n) is 4.34. The molecule has 5 heteroatoms. The zero-order chi connectivity index (χ0) is 16.5. The van der Waals surface area contributed by atoms with Crippen molar-refractivity contribution < 1.29 is 0 Å². The second-order valence-corrected chi connectivity index (χ2v) is 7.53. The number of hydrogen-bond donors (Lipinski definition) is 0. The Hall–Kier alpha value is -1.72. The number of aryl methyl sites for hydroxylation is 2. The highest BCUT2D eigenvalue weighted by molar-refractivity contribution is 5.10. The number of likely N-dealkylation sites (tertiary alicyclic amines) is 2. The largest absolute Gasteiger partial charge is 0.299 e. The molecule has 4 heterocycles. The smallest absolute Gasteiger partial charge is 0.0547 e. The van der Waals surface area contributed by atoms with Gasteiger partial charge in [0.2, 0.25) is 0 Å². The number of hydrogen-bond acceptors (Lipinski definition) is 4. The highest BCUT2D eigenvalue weighted by Gasteiger charge is 2.36. The van der Waals surface area contributed by atoms with Gasteiger partial charge in [-0.3, -0.25) is 19.5 Å². The fraction of sp³-hybridized carbons (Fsp3) is 0.579. The number of pyridine rings is 1. The maximum Gasteiger partial charge on any atom is 0.0547 e. The Balaban J connectivity index is 1.33. The van der Waals surface area contributed by atoms with Gasteiger partial charge in [0.1, 0.15) is 0 Å². The first-order valence-corrected chi connectivity index (χ1v) is 9.00. The zero-order valence-corrected chi connectivity index (χ0v) is 14.7. The van der Waals surface area contributed by atoms with Gasteiger partial charge in [-0.1, -0.05) is 6.07 Å². The van der Waals surface area contributed by atoms with Crippen LogP contribution in [0.25, 0.3) is 0 Å². The van der Waals surface area contributed by atoms with Crippen molar-refractivity contribution in [3.8, 4) is 0 Å². The summed E-state index contributed by atoms with van der Waals surface area (Å²) >= 11 is 0. The van der Waals surface area contributed by atoms with E-state index in [9.17, 15) is 0 Å². The first kappa shape index (κ1) is 15.8. The molecule has 2 aliphatic heterocycles. The van der Waals surface area contributed by atoms with Gasteiger partial charge >= 0.3 is 0 Å². The third-order valence-corrected chi connectivity index (χ3v) is 5.46. The molecule has 2 aromatic rings. The Morgan fingerprint density at radius 3 is 2.71 bits per heavy atom. The van der Waals surface area contributed by atoms with Crippen molar-refractivity contribution in [2.24, 2.45) is 18.9 Å². The molecule has 0 unspecified atom stereocenters. The van der Waals surface area contributed by atoms with E-state index in [1.165, 1.54) is 43.9 Å². The monoisotopic (exact) mass is 325 g/mol. The van der Waals surface area contributed by atoms with Crippen LogP contribution in [0.1, 0.15) is 23.4 Å². The van der Waals surface area contributed by atoms with Crippen LogP contribution < -0.4 is 0 Å². The van der Waals surface area contributed by atoms with Crippen LogP contribution in [0.5, 0.6) is 0 Å². The predicted octanol–water partition coefficient (Wildman–Crippen LogP) is 2.08. The maximum atomic E-state index is 4.67. The van der Waals surface area contributed by atoms with Gasteiger partial charge in [-0.05, 0) is 43.9 Å². The topological polar surface area (TPSA) is 37.2 Å². The van der Waals surface area contributed by atoms with E-state index in [-0.39, 0.29) is 0 Å². The number of piperidine rings is 1. The van der Waals surface area contributed by atoms with Crippen molar-refractivity contribution >= 4 is 0 Å². The van der Waals surface area contributed by atoms with E-state index in [2.05, 4.69) is 51.2 Å². The normalized spacial score (nSPS) is 25.1. The van der Waals surface area contributed by atoms with Gasteiger partial charge in [-0.2, -0.15) is 5.10 Å². The molecule has 0 aliphatic carbocycles. The van der Waals surface area contributed by atoms with Gasteiger partial charge in [-0.15, -0.1) is 0 Å². The summed E-state index contributed by atoms with van der Waals surface area (Å²) < 4.78 is 1.90. The lowest BCUT2D eigenvalue weighted by atomic mass is 9.88. The number of aromatic nitrogens is 3. The van der Waals surface area contributed by atoms with Gasteiger partial charge in [0, 0.05) is 57.2 Å². The molecule has 128 valence electrons. The summed E-state index contributed by atoms with van der Waals surface area (Å²) in [7, 11) is 1.99. The van der Waals surface area contributed by atoms with E-state index in [4.69, 9.17) is 0 Å². The van der Waals surface area contributed by atoms with E-state index in [1.54, 1.807) is 0 Å². The molecule has 2 aromatic heterocycles. The molecule has 2 aliphatic rings. The molecule has 24 heavy (non-hydrogen) atoms. The van der Waals surface area contributed by atoms with Gasteiger partial charge in [0.05, 0.1) is 11.9 Å². The summed E-state index contributed by atoms with van der Waals surface area (Å²) in [5.74, 6) is 1.67. The average Bonchev–Trinajstić information content (AvgIpc) is 3.12. The van der Waals surface area contributed by atoms with Gasteiger partial charge < -0.3 is 0 Å². The molecular weight excluding hydrogens is 298 g/mol. The van der Waals surface area contributed by atoms with Gasteiger partial charge in [0.15, 0.2) is 0 Å². The van der Waals surface area contributed by atoms with Crippen molar-refractivity contribution in [2.45, 2.75) is 26.4 Å². The van der Waals surface area contributed by atoms with E-state index in [1.807, 2.05) is 17.9 Å². The highest BCUT2D eigenvalue weighted by Crippen LogP contribution is 2.32. The molecule has 0 bridgehead atoms. The van der Waals surface area contributed by atoms with Crippen molar-refractivity contribution in [2.75, 3.05) is 26.2 Å². The Morgan fingerprint density at radius 1 is 1.08 bits per heavy atom. The predicted molar refractivity (Wildman–Crippen MR) is 94.3 cm³/mol. The van der Waals surface area contributed by atoms with Crippen LogP contribution in [-0.2, 0) is 20.1 Å². The minimum absolute atomic E-state index is 0.806. The number of fused-ring (bicyclic) bond motifs is 1. The van der Waals surface area contributed by atoms with Gasteiger partial charge in [-0.25, -0.2) is 0 Å². The van der Waals surface area contributed by atoms with E-state index >= 15 is 0 Å². The quantitative estimate of drug-likeness (QED) is 0.862. The van der Waals surface area contributed by atoms with Crippen LogP contribution >= 0.6 is 0 Å². The van der Waals surface area contributed by atoms with Crippen LogP contribution in [0.2, 0.25) is 0 Å². The molecule has 5 nitrogen and oxygen atoms in total. The first-order valence-electron chi connectivity index (χ1n) is 9.00. The molecule has 0 N–H and O–H groups in total. The van der Waals surface area contributed by atoms with Crippen LogP contribution in [0.4, 0.5) is 0 Å². The lowest BCUT2D eigenvalue weighted by Gasteiger charge is -2.34. The molecule has 0 aromatic carbocycles. The Labute approximate surface area is 144 Å². The summed E-state index contributed by atoms with van der Waals surface area (Å²) in [4.78, 5) is 9.87. The Kier molecular flexibility index (Phi) is 4.37. The molecule has 0 amide bonds. The molecular formula is C19H27N5. The molecule has 0 spiro atoms. The minimum atomic E-state index is 0.806. The van der Waals surface area contributed by atoms with Crippen molar-refractivity contribution in [1.82, 2.24) is 24.6 Å². The Morgan fingerprint density at radius 2 is 1.92 bits per heavy atom. The summed E-state index contributed by atoms with van der Waals surface area (Å²) in [6.45, 7) is 8.99. The zero-order valence-electron chi connectivity index (χ0n) is 14.7. The first-order chi connectivity index (χ1) is 11.7. The van der Waals surface area contributed by atoms with E-state index in [0.29, 0.717) is 0 Å². The molecule has 2 fully saturated rings. The lowest BCUT2D eigenvalue weighted by molar-refractivity contribution is 0.142. The molecule has 2 atom stereocenters. The molecule has 0 saturated carbocycles. The average molecular weight is 325 g/mol. The standard InChI is InChI=1S/C19H27N5/c1-15-4-3-5-19(21-15)14-24-11-17-6-7-23(12-18(17)13-24)10-16-8-20-22(2)9-16/h3-5,8-9,17-18H,6-7,10-14H2,1-2H3/t17-,18+/m1/s1. The van der Waals surface area contributed by atoms with Crippen LogP contribution in [-0.4, -0.2) is 50.7 Å². The Bertz CT molecular complexity index is 695. The second-order valence-electron chi connectivity index (χ2n) is 7.53. The molecule has 4 rings (SSSR count). The van der Waals surface area contributed by atoms with Crippen molar-refractivity contribution in [3.05, 3.63) is 47.5 Å². The second kappa shape index (κ2) is 6.65. The minimum Gasteiger partial charge on any atom is -0.299 e. The van der Waals surface area contributed by atoms with E-state index in [0.717, 1.165) is 30.6 Å².